The molecule has 8 nitrogen and oxygen atoms in total. The van der Waals surface area contributed by atoms with Crippen LogP contribution >= 0.6 is 11.8 Å². The molecular formula is C19H25N3O5S. The van der Waals surface area contributed by atoms with Gasteiger partial charge < -0.3 is 24.9 Å². The van der Waals surface area contributed by atoms with Crippen molar-refractivity contribution in [2.75, 3.05) is 26.5 Å². The van der Waals surface area contributed by atoms with Crippen LogP contribution in [0.3, 0.4) is 0 Å². The van der Waals surface area contributed by atoms with E-state index in [-0.39, 0.29) is 34.7 Å². The lowest BCUT2D eigenvalue weighted by molar-refractivity contribution is -0.118. The van der Waals surface area contributed by atoms with Crippen molar-refractivity contribution in [1.82, 2.24) is 15.3 Å². The monoisotopic (exact) mass is 407 g/mol. The fourth-order valence-corrected chi connectivity index (χ4v) is 3.16. The summed E-state index contributed by atoms with van der Waals surface area (Å²) >= 11 is 1.07. The van der Waals surface area contributed by atoms with E-state index < -0.39 is 5.56 Å². The maximum atomic E-state index is 12.4. The molecule has 0 fully saturated rings. The number of carbonyl (C=O) groups is 1. The van der Waals surface area contributed by atoms with E-state index in [1.807, 2.05) is 6.92 Å². The highest BCUT2D eigenvalue weighted by molar-refractivity contribution is 7.99. The Morgan fingerprint density at radius 3 is 2.68 bits per heavy atom. The third-order valence-electron chi connectivity index (χ3n) is 3.99. The van der Waals surface area contributed by atoms with Crippen LogP contribution in [0, 0.1) is 0 Å². The summed E-state index contributed by atoms with van der Waals surface area (Å²) in [6, 6.07) is 5.25. The molecule has 1 aromatic heterocycles. The number of methoxy groups -OCH3 is 2. The topological polar surface area (TPSA) is 114 Å². The average Bonchev–Trinajstić information content (AvgIpc) is 2.69. The lowest BCUT2D eigenvalue weighted by atomic mass is 10.1. The number of aromatic amines is 1. The molecule has 0 bridgehead atoms. The molecule has 0 radical (unpaired) electrons. The number of aromatic nitrogens is 2. The molecule has 0 saturated heterocycles. The van der Waals surface area contributed by atoms with Crippen LogP contribution in [0.4, 0.5) is 0 Å². The molecule has 0 aliphatic heterocycles. The van der Waals surface area contributed by atoms with Crippen molar-refractivity contribution in [1.29, 1.82) is 0 Å². The Kier molecular flexibility index (Phi) is 8.19. The smallest absolute Gasteiger partial charge is 0.258 e. The Morgan fingerprint density at radius 2 is 2.04 bits per heavy atom. The summed E-state index contributed by atoms with van der Waals surface area (Å²) in [6.45, 7) is 2.66. The normalized spacial score (nSPS) is 10.5. The Balaban J connectivity index is 2.07. The molecule has 28 heavy (non-hydrogen) atoms. The van der Waals surface area contributed by atoms with E-state index in [2.05, 4.69) is 15.3 Å². The highest BCUT2D eigenvalue weighted by Crippen LogP contribution is 2.29. The van der Waals surface area contributed by atoms with Crippen LogP contribution in [0.5, 0.6) is 17.4 Å². The number of hydrogen-bond donors (Lipinski definition) is 3. The molecule has 0 aliphatic rings. The van der Waals surface area contributed by atoms with E-state index in [9.17, 15) is 14.7 Å². The number of carbonyl (C=O) groups excluding carboxylic acids is 1. The van der Waals surface area contributed by atoms with E-state index in [1.165, 1.54) is 7.11 Å². The first-order chi connectivity index (χ1) is 13.5. The van der Waals surface area contributed by atoms with Crippen molar-refractivity contribution >= 4 is 17.7 Å². The SMILES string of the molecule is CCCCNC(=O)CSc1nc(O)c(Cc2ccc(OC)c(OC)c2)c(=O)[nH]1. The van der Waals surface area contributed by atoms with Crippen LogP contribution in [0.25, 0.3) is 0 Å². The zero-order chi connectivity index (χ0) is 20.5. The fraction of sp³-hybridized carbons (Fsp3) is 0.421. The first-order valence-electron chi connectivity index (χ1n) is 8.91. The Bertz CT molecular complexity index is 869. The first kappa shape index (κ1) is 21.6. The third-order valence-corrected chi connectivity index (χ3v) is 4.87. The number of unbranched alkanes of at least 4 members (excludes halogenated alkanes) is 1. The molecular weight excluding hydrogens is 382 g/mol. The van der Waals surface area contributed by atoms with E-state index >= 15 is 0 Å². The van der Waals surface area contributed by atoms with Crippen molar-refractivity contribution in [3.63, 3.8) is 0 Å². The van der Waals surface area contributed by atoms with Crippen molar-refractivity contribution in [2.24, 2.45) is 0 Å². The summed E-state index contributed by atoms with van der Waals surface area (Å²) in [5.74, 6) is 0.722. The predicted molar refractivity (Wildman–Crippen MR) is 108 cm³/mol. The van der Waals surface area contributed by atoms with Gasteiger partial charge in [-0.2, -0.15) is 4.98 Å². The maximum Gasteiger partial charge on any atom is 0.258 e. The molecule has 1 heterocycles. The molecule has 9 heteroatoms. The summed E-state index contributed by atoms with van der Waals surface area (Å²) in [7, 11) is 3.07. The number of benzene rings is 1. The van der Waals surface area contributed by atoms with Crippen molar-refractivity contribution in [2.45, 2.75) is 31.3 Å². The number of nitrogens with zero attached hydrogens (tertiary/aromatic N) is 1. The van der Waals surface area contributed by atoms with E-state index in [1.54, 1.807) is 25.3 Å². The number of aromatic hydroxyl groups is 1. The number of nitrogens with one attached hydrogen (secondary N) is 2. The van der Waals surface area contributed by atoms with Gasteiger partial charge in [-0.3, -0.25) is 9.59 Å². The minimum atomic E-state index is -0.448. The second-order valence-corrected chi connectivity index (χ2v) is 7.00. The fourth-order valence-electron chi connectivity index (χ4n) is 2.48. The van der Waals surface area contributed by atoms with Gasteiger partial charge in [0.2, 0.25) is 11.8 Å². The zero-order valence-electron chi connectivity index (χ0n) is 16.2. The van der Waals surface area contributed by atoms with Gasteiger partial charge in [0.15, 0.2) is 16.7 Å². The molecule has 1 aromatic carbocycles. The number of H-pyrrole nitrogens is 1. The predicted octanol–water partition coefficient (Wildman–Crippen LogP) is 2.09. The van der Waals surface area contributed by atoms with Gasteiger partial charge in [0.05, 0.1) is 25.5 Å². The molecule has 0 atom stereocenters. The molecule has 0 aliphatic carbocycles. The second-order valence-electron chi connectivity index (χ2n) is 6.03. The van der Waals surface area contributed by atoms with E-state index in [0.717, 1.165) is 30.2 Å². The maximum absolute atomic E-state index is 12.4. The second kappa shape index (κ2) is 10.6. The third kappa shape index (κ3) is 5.91. The Labute approximate surface area is 167 Å². The first-order valence-corrected chi connectivity index (χ1v) is 9.89. The van der Waals surface area contributed by atoms with Crippen molar-refractivity contribution in [3.05, 3.63) is 39.7 Å². The standard InChI is InChI=1S/C19H25N3O5S/c1-4-5-8-20-16(23)11-28-19-21-17(24)13(18(25)22-19)9-12-6-7-14(26-2)15(10-12)27-3/h6-7,10H,4-5,8-9,11H2,1-3H3,(H,20,23)(H2,21,22,24,25). The van der Waals surface area contributed by atoms with Crippen molar-refractivity contribution in [3.8, 4) is 17.4 Å². The van der Waals surface area contributed by atoms with Crippen LogP contribution in [0.1, 0.15) is 30.9 Å². The molecule has 152 valence electrons. The van der Waals surface area contributed by atoms with Gasteiger partial charge in [0.25, 0.3) is 5.56 Å². The zero-order valence-corrected chi connectivity index (χ0v) is 17.0. The quantitative estimate of drug-likeness (QED) is 0.314. The lowest BCUT2D eigenvalue weighted by Crippen LogP contribution is -2.26. The number of ether oxygens (including phenoxy) is 2. The minimum absolute atomic E-state index is 0.112. The minimum Gasteiger partial charge on any atom is -0.493 e. The summed E-state index contributed by atoms with van der Waals surface area (Å²) < 4.78 is 10.4. The van der Waals surface area contributed by atoms with Crippen LogP contribution < -0.4 is 20.3 Å². The molecule has 3 N–H and O–H groups in total. The summed E-state index contributed by atoms with van der Waals surface area (Å²) in [5, 5.41) is 13.2. The molecule has 2 aromatic rings. The molecule has 2 rings (SSSR count). The number of amides is 1. The number of hydrogen-bond acceptors (Lipinski definition) is 7. The van der Waals surface area contributed by atoms with Crippen LogP contribution in [-0.4, -0.2) is 47.5 Å². The van der Waals surface area contributed by atoms with Crippen molar-refractivity contribution < 1.29 is 19.4 Å². The van der Waals surface area contributed by atoms with Gasteiger partial charge in [0.1, 0.15) is 0 Å². The van der Waals surface area contributed by atoms with Crippen LogP contribution in [0.2, 0.25) is 0 Å². The summed E-state index contributed by atoms with van der Waals surface area (Å²) in [6.07, 6.45) is 2.09. The summed E-state index contributed by atoms with van der Waals surface area (Å²) in [4.78, 5) is 30.7. The molecule has 0 saturated carbocycles. The van der Waals surface area contributed by atoms with Gasteiger partial charge in [-0.15, -0.1) is 0 Å². The average molecular weight is 407 g/mol. The van der Waals surface area contributed by atoms with Gasteiger partial charge in [0, 0.05) is 13.0 Å². The highest BCUT2D eigenvalue weighted by atomic mass is 32.2. The number of thioether (sulfide) groups is 1. The molecule has 1 amide bonds. The van der Waals surface area contributed by atoms with Crippen LogP contribution in [0.15, 0.2) is 28.2 Å². The van der Waals surface area contributed by atoms with Gasteiger partial charge in [-0.1, -0.05) is 31.2 Å². The van der Waals surface area contributed by atoms with E-state index in [0.29, 0.717) is 18.0 Å². The van der Waals surface area contributed by atoms with Gasteiger partial charge in [-0.25, -0.2) is 0 Å². The van der Waals surface area contributed by atoms with Gasteiger partial charge >= 0.3 is 0 Å². The molecule has 0 spiro atoms. The van der Waals surface area contributed by atoms with Gasteiger partial charge in [-0.05, 0) is 24.1 Å². The molecule has 0 unspecified atom stereocenters. The van der Waals surface area contributed by atoms with Crippen LogP contribution in [-0.2, 0) is 11.2 Å². The van der Waals surface area contributed by atoms with E-state index in [4.69, 9.17) is 9.47 Å². The summed E-state index contributed by atoms with van der Waals surface area (Å²) in [5.41, 5.74) is 0.455. The largest absolute Gasteiger partial charge is 0.493 e. The number of rotatable bonds is 10. The lowest BCUT2D eigenvalue weighted by Gasteiger charge is -2.10. The Morgan fingerprint density at radius 1 is 1.29 bits per heavy atom. The Hall–Kier alpha value is -2.68. The highest BCUT2D eigenvalue weighted by Gasteiger charge is 2.14.